The highest BCUT2D eigenvalue weighted by atomic mass is 32.1. The van der Waals surface area contributed by atoms with Gasteiger partial charge in [-0.1, -0.05) is 6.42 Å². The van der Waals surface area contributed by atoms with E-state index in [9.17, 15) is 5.11 Å². The Hall–Kier alpha value is -1.20. The Labute approximate surface area is 122 Å². The van der Waals surface area contributed by atoms with E-state index >= 15 is 0 Å². The maximum Gasteiger partial charge on any atom is 0.150 e. The van der Waals surface area contributed by atoms with Gasteiger partial charge >= 0.3 is 0 Å². The summed E-state index contributed by atoms with van der Waals surface area (Å²) >= 11 is 1.71. The molecule has 0 unspecified atom stereocenters. The number of fused-ring (bicyclic) bond motifs is 1. The van der Waals surface area contributed by atoms with Crippen LogP contribution >= 0.6 is 11.3 Å². The zero-order valence-corrected chi connectivity index (χ0v) is 12.3. The lowest BCUT2D eigenvalue weighted by Gasteiger charge is -2.43. The SMILES string of the molecule is O[C@@H]1CCC[C@]12CCCN(c1ncnc3ccsc13)C2. The van der Waals surface area contributed by atoms with Crippen LogP contribution < -0.4 is 4.90 Å². The largest absolute Gasteiger partial charge is 0.392 e. The van der Waals surface area contributed by atoms with Crippen molar-refractivity contribution in [3.05, 3.63) is 17.8 Å². The van der Waals surface area contributed by atoms with Crippen LogP contribution in [0.2, 0.25) is 0 Å². The van der Waals surface area contributed by atoms with E-state index in [1.165, 1.54) is 4.70 Å². The molecule has 0 amide bonds. The first kappa shape index (κ1) is 12.5. The van der Waals surface area contributed by atoms with Gasteiger partial charge in [0.05, 0.1) is 16.3 Å². The molecular formula is C15H19N3OS. The molecule has 5 heteroatoms. The van der Waals surface area contributed by atoms with E-state index < -0.39 is 0 Å². The van der Waals surface area contributed by atoms with E-state index in [0.29, 0.717) is 0 Å². The van der Waals surface area contributed by atoms with Crippen molar-refractivity contribution in [3.63, 3.8) is 0 Å². The van der Waals surface area contributed by atoms with Gasteiger partial charge in [-0.15, -0.1) is 11.3 Å². The van der Waals surface area contributed by atoms with E-state index in [1.54, 1.807) is 17.7 Å². The van der Waals surface area contributed by atoms with Gasteiger partial charge in [0.1, 0.15) is 12.1 Å². The average molecular weight is 289 g/mol. The third kappa shape index (κ3) is 1.84. The Morgan fingerprint density at radius 1 is 1.30 bits per heavy atom. The van der Waals surface area contributed by atoms with Crippen LogP contribution in [0.25, 0.3) is 10.2 Å². The number of hydrogen-bond acceptors (Lipinski definition) is 5. The van der Waals surface area contributed by atoms with Gasteiger partial charge < -0.3 is 10.0 Å². The average Bonchev–Trinajstić information content (AvgIpc) is 3.07. The highest BCUT2D eigenvalue weighted by Gasteiger charge is 2.45. The monoisotopic (exact) mass is 289 g/mol. The van der Waals surface area contributed by atoms with E-state index in [0.717, 1.165) is 56.5 Å². The smallest absolute Gasteiger partial charge is 0.150 e. The van der Waals surface area contributed by atoms with Gasteiger partial charge in [0.2, 0.25) is 0 Å². The highest BCUT2D eigenvalue weighted by Crippen LogP contribution is 2.46. The van der Waals surface area contributed by atoms with Crippen molar-refractivity contribution >= 4 is 27.4 Å². The number of hydrogen-bond donors (Lipinski definition) is 1. The first-order chi connectivity index (χ1) is 9.78. The van der Waals surface area contributed by atoms with Crippen molar-refractivity contribution < 1.29 is 5.11 Å². The molecule has 1 saturated heterocycles. The number of aliphatic hydroxyl groups excluding tert-OH is 1. The third-order valence-electron chi connectivity index (χ3n) is 4.99. The maximum atomic E-state index is 10.4. The summed E-state index contributed by atoms with van der Waals surface area (Å²) in [6.07, 6.45) is 7.11. The molecule has 2 fully saturated rings. The second-order valence-electron chi connectivity index (χ2n) is 6.13. The normalized spacial score (nSPS) is 30.4. The number of aromatic nitrogens is 2. The lowest BCUT2D eigenvalue weighted by molar-refractivity contribution is 0.0408. The summed E-state index contributed by atoms with van der Waals surface area (Å²) in [5, 5.41) is 12.5. The molecule has 1 aliphatic heterocycles. The van der Waals surface area contributed by atoms with Gasteiger partial charge in [-0.05, 0) is 37.1 Å². The molecule has 0 aromatic carbocycles. The molecule has 2 atom stereocenters. The van der Waals surface area contributed by atoms with Crippen LogP contribution in [0.4, 0.5) is 5.82 Å². The predicted octanol–water partition coefficient (Wildman–Crippen LogP) is 2.82. The lowest BCUT2D eigenvalue weighted by atomic mass is 9.77. The minimum atomic E-state index is -0.133. The zero-order valence-electron chi connectivity index (χ0n) is 11.5. The number of nitrogens with zero attached hydrogens (tertiary/aromatic N) is 3. The second kappa shape index (κ2) is 4.67. The van der Waals surface area contributed by atoms with Crippen LogP contribution in [0.5, 0.6) is 0 Å². The first-order valence-electron chi connectivity index (χ1n) is 7.40. The number of thiophene rings is 1. The van der Waals surface area contributed by atoms with Gasteiger partial charge in [-0.25, -0.2) is 9.97 Å². The molecule has 1 N–H and O–H groups in total. The van der Waals surface area contributed by atoms with Crippen LogP contribution in [0.15, 0.2) is 17.8 Å². The van der Waals surface area contributed by atoms with Gasteiger partial charge in [0.25, 0.3) is 0 Å². The Morgan fingerprint density at radius 2 is 2.20 bits per heavy atom. The van der Waals surface area contributed by atoms with Crippen molar-refractivity contribution in [1.82, 2.24) is 9.97 Å². The summed E-state index contributed by atoms with van der Waals surface area (Å²) in [5.74, 6) is 1.06. The highest BCUT2D eigenvalue weighted by molar-refractivity contribution is 7.17. The predicted molar refractivity (Wildman–Crippen MR) is 81.2 cm³/mol. The molecule has 2 aromatic rings. The Bertz CT molecular complexity index is 628. The van der Waals surface area contributed by atoms with Crippen molar-refractivity contribution in [2.75, 3.05) is 18.0 Å². The van der Waals surface area contributed by atoms with Gasteiger partial charge in [0, 0.05) is 18.5 Å². The van der Waals surface area contributed by atoms with Crippen molar-refractivity contribution in [3.8, 4) is 0 Å². The molecule has 2 aromatic heterocycles. The van der Waals surface area contributed by atoms with Crippen LogP contribution in [0, 0.1) is 5.41 Å². The summed E-state index contributed by atoms with van der Waals surface area (Å²) in [6.45, 7) is 1.98. The van der Waals surface area contributed by atoms with Crippen LogP contribution in [0.1, 0.15) is 32.1 Å². The maximum absolute atomic E-state index is 10.4. The summed E-state index contributed by atoms with van der Waals surface area (Å²) < 4.78 is 1.18. The summed E-state index contributed by atoms with van der Waals surface area (Å²) in [5.41, 5.74) is 1.14. The number of anilines is 1. The lowest BCUT2D eigenvalue weighted by Crippen LogP contribution is -2.47. The second-order valence-corrected chi connectivity index (χ2v) is 7.04. The molecule has 1 aliphatic carbocycles. The fraction of sp³-hybridized carbons (Fsp3) is 0.600. The van der Waals surface area contributed by atoms with Crippen molar-refractivity contribution in [2.24, 2.45) is 5.41 Å². The Balaban J connectivity index is 1.70. The van der Waals surface area contributed by atoms with E-state index in [1.807, 2.05) is 0 Å². The standard InChI is InChI=1S/C15H19N3OS/c19-12-3-1-5-15(12)6-2-7-18(9-15)14-13-11(4-8-20-13)16-10-17-14/h4,8,10,12,19H,1-3,5-7,9H2/t12-,15-/m1/s1. The molecule has 0 radical (unpaired) electrons. The number of rotatable bonds is 1. The van der Waals surface area contributed by atoms with Crippen LogP contribution in [-0.2, 0) is 0 Å². The first-order valence-corrected chi connectivity index (χ1v) is 8.28. The van der Waals surface area contributed by atoms with Crippen molar-refractivity contribution in [1.29, 1.82) is 0 Å². The van der Waals surface area contributed by atoms with Crippen LogP contribution in [-0.4, -0.2) is 34.3 Å². The molecule has 3 heterocycles. The van der Waals surface area contributed by atoms with E-state index in [2.05, 4.69) is 26.3 Å². The van der Waals surface area contributed by atoms with Crippen LogP contribution in [0.3, 0.4) is 0 Å². The Morgan fingerprint density at radius 3 is 3.05 bits per heavy atom. The van der Waals surface area contributed by atoms with Gasteiger partial charge in [-0.3, -0.25) is 0 Å². The summed E-state index contributed by atoms with van der Waals surface area (Å²) in [4.78, 5) is 11.2. The molecule has 4 nitrogen and oxygen atoms in total. The molecular weight excluding hydrogens is 270 g/mol. The Kier molecular flexibility index (Phi) is 2.93. The number of aliphatic hydroxyl groups is 1. The summed E-state index contributed by atoms with van der Waals surface area (Å²) in [7, 11) is 0. The van der Waals surface area contributed by atoms with E-state index in [-0.39, 0.29) is 11.5 Å². The molecule has 4 rings (SSSR count). The minimum Gasteiger partial charge on any atom is -0.392 e. The van der Waals surface area contributed by atoms with Gasteiger partial charge in [-0.2, -0.15) is 0 Å². The molecule has 20 heavy (non-hydrogen) atoms. The molecule has 1 saturated carbocycles. The fourth-order valence-corrected chi connectivity index (χ4v) is 4.80. The molecule has 1 spiro atoms. The third-order valence-corrected chi connectivity index (χ3v) is 5.89. The number of piperidine rings is 1. The van der Waals surface area contributed by atoms with Crippen molar-refractivity contribution in [2.45, 2.75) is 38.2 Å². The minimum absolute atomic E-state index is 0.104. The quantitative estimate of drug-likeness (QED) is 0.877. The van der Waals surface area contributed by atoms with E-state index in [4.69, 9.17) is 0 Å². The molecule has 0 bridgehead atoms. The fourth-order valence-electron chi connectivity index (χ4n) is 3.94. The summed E-state index contributed by atoms with van der Waals surface area (Å²) in [6, 6.07) is 2.05. The molecule has 2 aliphatic rings. The topological polar surface area (TPSA) is 49.2 Å². The molecule has 106 valence electrons. The van der Waals surface area contributed by atoms with Gasteiger partial charge in [0.15, 0.2) is 0 Å². The zero-order chi connectivity index (χ0) is 13.6.